The molecule has 0 aliphatic rings. The molecule has 4 nitrogen and oxygen atoms in total. The Labute approximate surface area is 153 Å². The maximum atomic E-state index is 12.6. The second-order valence-electron chi connectivity index (χ2n) is 5.71. The number of anilines is 1. The summed E-state index contributed by atoms with van der Waals surface area (Å²) in [4.78, 5) is 12.6. The summed E-state index contributed by atoms with van der Waals surface area (Å²) in [5.74, 6) is 0.936. The summed E-state index contributed by atoms with van der Waals surface area (Å²) in [6.45, 7) is 6.39. The minimum atomic E-state index is -0.198. The molecule has 0 aromatic heterocycles. The number of hydrogen-bond acceptors (Lipinski definition) is 3. The highest BCUT2D eigenvalue weighted by atomic mass is 16.5. The number of nitrogens with one attached hydrogen (secondary N) is 1. The summed E-state index contributed by atoms with van der Waals surface area (Å²) in [5.41, 5.74) is 1.26. The van der Waals surface area contributed by atoms with Crippen LogP contribution < -0.4 is 14.8 Å². The van der Waals surface area contributed by atoms with Crippen molar-refractivity contribution >= 4 is 22.4 Å². The molecule has 0 atom stereocenters. The number of benzene rings is 3. The van der Waals surface area contributed by atoms with Crippen molar-refractivity contribution in [1.82, 2.24) is 0 Å². The van der Waals surface area contributed by atoms with E-state index in [1.54, 1.807) is 24.3 Å². The summed E-state index contributed by atoms with van der Waals surface area (Å²) in [7, 11) is 0. The molecule has 0 saturated heterocycles. The van der Waals surface area contributed by atoms with Gasteiger partial charge < -0.3 is 14.8 Å². The first-order valence-corrected chi connectivity index (χ1v) is 8.52. The molecular weight excluding hydrogens is 326 g/mol. The molecule has 0 radical (unpaired) electrons. The molecule has 0 bridgehead atoms. The SMILES string of the molecule is C=CCOc1ccc(C(=O)Nc2ccc3ccccc3c2)cc1OCC. The van der Waals surface area contributed by atoms with Gasteiger partial charge in [0.25, 0.3) is 5.91 Å². The van der Waals surface area contributed by atoms with Crippen LogP contribution in [0.15, 0.2) is 73.3 Å². The summed E-state index contributed by atoms with van der Waals surface area (Å²) < 4.78 is 11.2. The Bertz CT molecular complexity index is 934. The Kier molecular flexibility index (Phi) is 5.54. The number of hydrogen-bond donors (Lipinski definition) is 1. The van der Waals surface area contributed by atoms with Gasteiger partial charge in [0.1, 0.15) is 6.61 Å². The van der Waals surface area contributed by atoms with E-state index in [-0.39, 0.29) is 5.91 Å². The maximum Gasteiger partial charge on any atom is 0.255 e. The lowest BCUT2D eigenvalue weighted by Gasteiger charge is -2.13. The van der Waals surface area contributed by atoms with Crippen molar-refractivity contribution in [2.75, 3.05) is 18.5 Å². The first-order chi connectivity index (χ1) is 12.7. The van der Waals surface area contributed by atoms with E-state index in [1.165, 1.54) is 0 Å². The molecule has 26 heavy (non-hydrogen) atoms. The van der Waals surface area contributed by atoms with E-state index in [9.17, 15) is 4.79 Å². The Balaban J connectivity index is 1.81. The number of amides is 1. The zero-order valence-corrected chi connectivity index (χ0v) is 14.7. The Hall–Kier alpha value is -3.27. The van der Waals surface area contributed by atoms with E-state index < -0.39 is 0 Å². The molecule has 0 heterocycles. The molecule has 3 aromatic rings. The second-order valence-corrected chi connectivity index (χ2v) is 5.71. The predicted molar refractivity (Wildman–Crippen MR) is 105 cm³/mol. The third kappa shape index (κ3) is 4.03. The molecule has 132 valence electrons. The molecule has 0 saturated carbocycles. The van der Waals surface area contributed by atoms with Gasteiger partial charge in [-0.1, -0.05) is 43.0 Å². The van der Waals surface area contributed by atoms with Crippen LogP contribution in [0.25, 0.3) is 10.8 Å². The molecule has 0 spiro atoms. The lowest BCUT2D eigenvalue weighted by atomic mass is 10.1. The van der Waals surface area contributed by atoms with Gasteiger partial charge in [0.15, 0.2) is 11.5 Å². The van der Waals surface area contributed by atoms with Crippen LogP contribution in [-0.4, -0.2) is 19.1 Å². The fourth-order valence-corrected chi connectivity index (χ4v) is 2.66. The number of carbonyl (C=O) groups is 1. The van der Waals surface area contributed by atoms with Crippen LogP contribution in [0.1, 0.15) is 17.3 Å². The first-order valence-electron chi connectivity index (χ1n) is 8.52. The van der Waals surface area contributed by atoms with Crippen molar-refractivity contribution in [3.63, 3.8) is 0 Å². The van der Waals surface area contributed by atoms with Gasteiger partial charge in [0.2, 0.25) is 0 Å². The highest BCUT2D eigenvalue weighted by Crippen LogP contribution is 2.29. The molecule has 4 heteroatoms. The highest BCUT2D eigenvalue weighted by molar-refractivity contribution is 6.05. The molecule has 0 fully saturated rings. The molecule has 0 aliphatic carbocycles. The fourth-order valence-electron chi connectivity index (χ4n) is 2.66. The highest BCUT2D eigenvalue weighted by Gasteiger charge is 2.12. The second kappa shape index (κ2) is 8.21. The first kappa shape index (κ1) is 17.5. The number of carbonyl (C=O) groups excluding carboxylic acids is 1. The van der Waals surface area contributed by atoms with Gasteiger partial charge in [-0.3, -0.25) is 4.79 Å². The van der Waals surface area contributed by atoms with Gasteiger partial charge in [0.05, 0.1) is 6.61 Å². The Morgan fingerprint density at radius 3 is 2.58 bits per heavy atom. The van der Waals surface area contributed by atoms with Crippen molar-refractivity contribution < 1.29 is 14.3 Å². The zero-order valence-electron chi connectivity index (χ0n) is 14.7. The predicted octanol–water partition coefficient (Wildman–Crippen LogP) is 5.06. The summed E-state index contributed by atoms with van der Waals surface area (Å²) in [5, 5.41) is 5.14. The van der Waals surface area contributed by atoms with E-state index >= 15 is 0 Å². The molecular formula is C22H21NO3. The fraction of sp³-hybridized carbons (Fsp3) is 0.136. The van der Waals surface area contributed by atoms with E-state index in [0.717, 1.165) is 16.5 Å². The van der Waals surface area contributed by atoms with E-state index in [0.29, 0.717) is 30.3 Å². The third-order valence-corrected chi connectivity index (χ3v) is 3.87. The van der Waals surface area contributed by atoms with E-state index in [2.05, 4.69) is 11.9 Å². The minimum absolute atomic E-state index is 0.198. The number of rotatable bonds is 7. The minimum Gasteiger partial charge on any atom is -0.490 e. The zero-order chi connectivity index (χ0) is 18.4. The largest absolute Gasteiger partial charge is 0.490 e. The van der Waals surface area contributed by atoms with Crippen LogP contribution in [-0.2, 0) is 0 Å². The molecule has 0 unspecified atom stereocenters. The molecule has 3 aromatic carbocycles. The van der Waals surface area contributed by atoms with E-state index in [4.69, 9.17) is 9.47 Å². The van der Waals surface area contributed by atoms with Gasteiger partial charge in [-0.25, -0.2) is 0 Å². The summed E-state index contributed by atoms with van der Waals surface area (Å²) in [6, 6.07) is 19.0. The van der Waals surface area contributed by atoms with Gasteiger partial charge in [-0.15, -0.1) is 0 Å². The van der Waals surface area contributed by atoms with Crippen molar-refractivity contribution in [2.45, 2.75) is 6.92 Å². The molecule has 3 rings (SSSR count). The Morgan fingerprint density at radius 1 is 1.00 bits per heavy atom. The van der Waals surface area contributed by atoms with Gasteiger partial charge in [-0.05, 0) is 48.0 Å². The van der Waals surface area contributed by atoms with Gasteiger partial charge >= 0.3 is 0 Å². The van der Waals surface area contributed by atoms with Crippen LogP contribution in [0.5, 0.6) is 11.5 Å². The summed E-state index contributed by atoms with van der Waals surface area (Å²) >= 11 is 0. The summed E-state index contributed by atoms with van der Waals surface area (Å²) in [6.07, 6.45) is 1.66. The van der Waals surface area contributed by atoms with E-state index in [1.807, 2.05) is 49.4 Å². The van der Waals surface area contributed by atoms with Crippen molar-refractivity contribution in [2.24, 2.45) is 0 Å². The standard InChI is InChI=1S/C22H21NO3/c1-3-13-26-20-12-10-18(15-21(20)25-4-2)22(24)23-19-11-9-16-7-5-6-8-17(16)14-19/h3,5-12,14-15H,1,4,13H2,2H3,(H,23,24). The molecule has 1 N–H and O–H groups in total. The quantitative estimate of drug-likeness (QED) is 0.608. The average Bonchev–Trinajstić information content (AvgIpc) is 2.67. The van der Waals surface area contributed by atoms with Gasteiger partial charge in [-0.2, -0.15) is 0 Å². The Morgan fingerprint density at radius 2 is 1.81 bits per heavy atom. The van der Waals surface area contributed by atoms with Crippen LogP contribution in [0.2, 0.25) is 0 Å². The van der Waals surface area contributed by atoms with Gasteiger partial charge in [0, 0.05) is 11.3 Å². The molecule has 0 aliphatic heterocycles. The third-order valence-electron chi connectivity index (χ3n) is 3.87. The van der Waals surface area contributed by atoms with Crippen molar-refractivity contribution in [1.29, 1.82) is 0 Å². The smallest absolute Gasteiger partial charge is 0.255 e. The average molecular weight is 347 g/mol. The van der Waals surface area contributed by atoms with Crippen LogP contribution >= 0.6 is 0 Å². The lowest BCUT2D eigenvalue weighted by Crippen LogP contribution is -2.12. The number of fused-ring (bicyclic) bond motifs is 1. The van der Waals surface area contributed by atoms with Crippen LogP contribution in [0.3, 0.4) is 0 Å². The maximum absolute atomic E-state index is 12.6. The number of ether oxygens (including phenoxy) is 2. The van der Waals surface area contributed by atoms with Crippen LogP contribution in [0.4, 0.5) is 5.69 Å². The normalized spacial score (nSPS) is 10.3. The van der Waals surface area contributed by atoms with Crippen molar-refractivity contribution in [3.05, 3.63) is 78.9 Å². The lowest BCUT2D eigenvalue weighted by molar-refractivity contribution is 0.102. The topological polar surface area (TPSA) is 47.6 Å². The van der Waals surface area contributed by atoms with Crippen molar-refractivity contribution in [3.8, 4) is 11.5 Å². The van der Waals surface area contributed by atoms with Crippen LogP contribution in [0, 0.1) is 0 Å². The monoisotopic (exact) mass is 347 g/mol. The molecule has 1 amide bonds.